The van der Waals surface area contributed by atoms with E-state index in [1.807, 2.05) is 132 Å². The fraction of sp³-hybridized carbons (Fsp3) is 0.260. The number of nitrogens with zero attached hydrogens (tertiary/aromatic N) is 3. The first kappa shape index (κ1) is 39.4. The van der Waals surface area contributed by atoms with Crippen LogP contribution in [0.4, 0.5) is 17.1 Å². The summed E-state index contributed by atoms with van der Waals surface area (Å²) in [5, 5.41) is 13.2. The van der Waals surface area contributed by atoms with E-state index in [1.54, 1.807) is 16.9 Å². The molecule has 4 atom stereocenters. The lowest BCUT2D eigenvalue weighted by Crippen LogP contribution is -2.52. The summed E-state index contributed by atoms with van der Waals surface area (Å²) in [6, 6.07) is 45.4. The van der Waals surface area contributed by atoms with E-state index < -0.39 is 19.8 Å². The van der Waals surface area contributed by atoms with Gasteiger partial charge in [0.1, 0.15) is 5.75 Å². The number of rotatable bonds is 12. The summed E-state index contributed by atoms with van der Waals surface area (Å²) in [4.78, 5) is 49.8. The Balaban J connectivity index is 1.18. The van der Waals surface area contributed by atoms with Gasteiger partial charge in [0.25, 0.3) is 11.8 Å². The second-order valence-electron chi connectivity index (χ2n) is 16.8. The van der Waals surface area contributed by atoms with Crippen molar-refractivity contribution in [2.24, 2.45) is 5.92 Å². The Morgan fingerprint density at radius 1 is 0.833 bits per heavy atom. The number of ether oxygens (including phenoxy) is 2. The Kier molecular flexibility index (Phi) is 10.2. The van der Waals surface area contributed by atoms with Crippen molar-refractivity contribution in [1.82, 2.24) is 4.90 Å². The van der Waals surface area contributed by atoms with Gasteiger partial charge in [0.2, 0.25) is 5.91 Å². The molecule has 10 heteroatoms. The zero-order chi connectivity index (χ0) is 41.8. The first-order valence-corrected chi connectivity index (χ1v) is 23.8. The highest BCUT2D eigenvalue weighted by Gasteiger charge is 2.66. The van der Waals surface area contributed by atoms with Gasteiger partial charge in [-0.05, 0) is 64.5 Å². The summed E-state index contributed by atoms with van der Waals surface area (Å²) >= 11 is 0. The molecular formula is C50H49N3O6Si. The van der Waals surface area contributed by atoms with E-state index >= 15 is 4.79 Å². The Bertz CT molecular complexity index is 2600. The normalized spacial score (nSPS) is 20.6. The molecule has 0 unspecified atom stereocenters. The molecule has 9 nitrogen and oxygen atoms in total. The van der Waals surface area contributed by atoms with E-state index in [1.165, 1.54) is 0 Å². The van der Waals surface area contributed by atoms with E-state index in [0.717, 1.165) is 44.2 Å². The summed E-state index contributed by atoms with van der Waals surface area (Å²) < 4.78 is 12.9. The van der Waals surface area contributed by atoms with Gasteiger partial charge in [-0.1, -0.05) is 122 Å². The minimum absolute atomic E-state index is 0.0269. The topological polar surface area (TPSA) is 99.6 Å². The molecule has 0 radical (unpaired) electrons. The number of benzene rings is 6. The third kappa shape index (κ3) is 6.41. The zero-order valence-corrected chi connectivity index (χ0v) is 35.4. The van der Waals surface area contributed by atoms with Gasteiger partial charge in [0, 0.05) is 35.6 Å². The standard InChI is InChI=1S/C50H49N3O6Si/c1-33-47(60(3,4)39-24-22-38(58-2)23-25-39)44(30-45(55)51(27-28-54)31-34-13-7-5-8-14-34)59-50(33)41-29-37(21-26-42(41)52(49(50)57)32-35-15-9-6-10-16-35)53-43-20-12-18-36-17-11-19-40(46(36)43)48(53)56/h5-26,29,33,44,47,54H,27-28,30-32H2,1-4H3/t33-,44+,47-,50+/m0/s1. The number of anilines is 3. The van der Waals surface area contributed by atoms with Crippen LogP contribution in [-0.2, 0) is 33.0 Å². The summed E-state index contributed by atoms with van der Waals surface area (Å²) in [5.74, 6) is -0.0858. The Labute approximate surface area is 351 Å². The Hall–Kier alpha value is -6.07. The third-order valence-corrected chi connectivity index (χ3v) is 17.5. The lowest BCUT2D eigenvalue weighted by atomic mass is 9.82. The molecule has 304 valence electrons. The molecule has 6 aromatic carbocycles. The van der Waals surface area contributed by atoms with Crippen LogP contribution in [-0.4, -0.2) is 62.2 Å². The zero-order valence-electron chi connectivity index (χ0n) is 34.4. The van der Waals surface area contributed by atoms with Crippen molar-refractivity contribution in [3.8, 4) is 5.75 Å². The lowest BCUT2D eigenvalue weighted by Gasteiger charge is -2.37. The van der Waals surface area contributed by atoms with Crippen LogP contribution in [0.5, 0.6) is 5.75 Å². The van der Waals surface area contributed by atoms with Crippen LogP contribution in [0.2, 0.25) is 18.6 Å². The van der Waals surface area contributed by atoms with E-state index in [4.69, 9.17) is 9.47 Å². The van der Waals surface area contributed by atoms with Crippen LogP contribution in [0.25, 0.3) is 10.8 Å². The van der Waals surface area contributed by atoms with Gasteiger partial charge in [0.05, 0.1) is 57.8 Å². The molecule has 0 saturated carbocycles. The van der Waals surface area contributed by atoms with E-state index in [0.29, 0.717) is 29.9 Å². The molecule has 9 rings (SSSR count). The molecule has 1 spiro atoms. The average molecular weight is 816 g/mol. The van der Waals surface area contributed by atoms with Gasteiger partial charge in [-0.25, -0.2) is 0 Å². The molecular weight excluding hydrogens is 767 g/mol. The predicted molar refractivity (Wildman–Crippen MR) is 238 cm³/mol. The monoisotopic (exact) mass is 815 g/mol. The van der Waals surface area contributed by atoms with Crippen molar-refractivity contribution in [1.29, 1.82) is 0 Å². The smallest absolute Gasteiger partial charge is 0.264 e. The minimum Gasteiger partial charge on any atom is -0.497 e. The summed E-state index contributed by atoms with van der Waals surface area (Å²) in [6.07, 6.45) is -0.615. The second-order valence-corrected chi connectivity index (χ2v) is 21.5. The third-order valence-electron chi connectivity index (χ3n) is 13.1. The fourth-order valence-corrected chi connectivity index (χ4v) is 14.3. The molecule has 0 bridgehead atoms. The maximum atomic E-state index is 15.6. The molecule has 0 aliphatic carbocycles. The van der Waals surface area contributed by atoms with Gasteiger partial charge in [-0.15, -0.1) is 0 Å². The highest BCUT2D eigenvalue weighted by Crippen LogP contribution is 2.61. The largest absolute Gasteiger partial charge is 0.497 e. The number of methoxy groups -OCH3 is 1. The number of aliphatic hydroxyl groups is 1. The number of fused-ring (bicyclic) bond motifs is 2. The van der Waals surface area contributed by atoms with E-state index in [9.17, 15) is 14.7 Å². The van der Waals surface area contributed by atoms with Gasteiger partial charge in [-0.2, -0.15) is 0 Å². The van der Waals surface area contributed by atoms with Crippen LogP contribution >= 0.6 is 0 Å². The quantitative estimate of drug-likeness (QED) is 0.125. The van der Waals surface area contributed by atoms with Crippen molar-refractivity contribution in [2.45, 2.75) is 56.8 Å². The number of amides is 3. The van der Waals surface area contributed by atoms with E-state index in [-0.39, 0.29) is 48.8 Å². The first-order valence-electron chi connectivity index (χ1n) is 20.7. The van der Waals surface area contributed by atoms with Crippen LogP contribution in [0.3, 0.4) is 0 Å². The Morgan fingerprint density at radius 3 is 2.20 bits per heavy atom. The first-order chi connectivity index (χ1) is 29.1. The number of hydrogen-bond acceptors (Lipinski definition) is 6. The van der Waals surface area contributed by atoms with Crippen molar-refractivity contribution < 1.29 is 29.0 Å². The van der Waals surface area contributed by atoms with Crippen molar-refractivity contribution in [3.05, 3.63) is 162 Å². The van der Waals surface area contributed by atoms with Gasteiger partial charge in [0.15, 0.2) is 5.60 Å². The summed E-state index contributed by atoms with van der Waals surface area (Å²) in [5.41, 5.74) is 3.76. The lowest BCUT2D eigenvalue weighted by molar-refractivity contribution is -0.150. The number of carbonyl (C=O) groups is 3. The van der Waals surface area contributed by atoms with Crippen molar-refractivity contribution >= 4 is 58.8 Å². The molecule has 3 heterocycles. The van der Waals surface area contributed by atoms with Gasteiger partial charge >= 0.3 is 0 Å². The molecule has 1 saturated heterocycles. The van der Waals surface area contributed by atoms with Crippen LogP contribution in [0, 0.1) is 5.92 Å². The molecule has 3 aliphatic rings. The van der Waals surface area contributed by atoms with Crippen molar-refractivity contribution in [2.75, 3.05) is 30.1 Å². The molecule has 0 aromatic heterocycles. The Morgan fingerprint density at radius 2 is 1.52 bits per heavy atom. The van der Waals surface area contributed by atoms with Crippen LogP contribution < -0.4 is 19.7 Å². The average Bonchev–Trinajstić information content (AvgIpc) is 3.82. The second kappa shape index (κ2) is 15.5. The number of carbonyl (C=O) groups excluding carboxylic acids is 3. The maximum Gasteiger partial charge on any atom is 0.264 e. The van der Waals surface area contributed by atoms with Crippen molar-refractivity contribution in [3.63, 3.8) is 0 Å². The minimum atomic E-state index is -2.60. The van der Waals surface area contributed by atoms with Crippen LogP contribution in [0.1, 0.15) is 40.4 Å². The fourth-order valence-electron chi connectivity index (χ4n) is 10.3. The predicted octanol–water partition coefficient (Wildman–Crippen LogP) is 8.31. The summed E-state index contributed by atoms with van der Waals surface area (Å²) in [7, 11) is -0.955. The van der Waals surface area contributed by atoms with Crippen LogP contribution in [0.15, 0.2) is 140 Å². The van der Waals surface area contributed by atoms with Gasteiger partial charge in [-0.3, -0.25) is 19.3 Å². The van der Waals surface area contributed by atoms with E-state index in [2.05, 4.69) is 32.2 Å². The number of hydrogen-bond donors (Lipinski definition) is 1. The summed E-state index contributed by atoms with van der Waals surface area (Å²) in [6.45, 7) is 7.35. The SMILES string of the molecule is COc1ccc([Si](C)(C)[C@@H]2[C@@H](CC(=O)N(CCO)Cc3ccccc3)O[C@]3(C(=O)N(Cc4ccccc4)c4ccc(N5C(=O)c6cccc7cccc5c67)cc43)[C@H]2C)cc1. The maximum absolute atomic E-state index is 15.6. The highest BCUT2D eigenvalue weighted by atomic mass is 28.3. The highest BCUT2D eigenvalue weighted by molar-refractivity contribution is 6.91. The number of aliphatic hydroxyl groups excluding tert-OH is 1. The molecule has 3 amide bonds. The molecule has 3 aliphatic heterocycles. The van der Waals surface area contributed by atoms with Gasteiger partial charge < -0.3 is 24.4 Å². The molecule has 1 N–H and O–H groups in total. The molecule has 60 heavy (non-hydrogen) atoms. The molecule has 1 fully saturated rings. The molecule has 6 aromatic rings.